The van der Waals surface area contributed by atoms with Crippen LogP contribution >= 0.6 is 0 Å². The van der Waals surface area contributed by atoms with Crippen LogP contribution in [0.5, 0.6) is 5.75 Å². The molecule has 0 bridgehead atoms. The number of carbonyl (C=O) groups is 1. The van der Waals surface area contributed by atoms with E-state index in [1.807, 2.05) is 51.1 Å². The van der Waals surface area contributed by atoms with Crippen molar-refractivity contribution >= 4 is 39.5 Å². The monoisotopic (exact) mass is 498 g/mol. The normalized spacial score (nSPS) is 14.3. The van der Waals surface area contributed by atoms with Crippen molar-refractivity contribution in [1.82, 2.24) is 25.1 Å². The molecule has 2 aromatic heterocycles. The molecule has 1 amide bonds. The zero-order chi connectivity index (χ0) is 26.0. The molecule has 0 saturated carbocycles. The van der Waals surface area contributed by atoms with Gasteiger partial charge in [-0.15, -0.1) is 5.92 Å². The van der Waals surface area contributed by atoms with Gasteiger partial charge < -0.3 is 19.7 Å². The second kappa shape index (κ2) is 9.97. The maximum Gasteiger partial charge on any atom is 0.410 e. The first kappa shape index (κ1) is 24.4. The molecule has 3 heterocycles. The van der Waals surface area contributed by atoms with E-state index in [-0.39, 0.29) is 12.2 Å². The predicted molar refractivity (Wildman–Crippen MR) is 143 cm³/mol. The molecule has 1 fully saturated rings. The van der Waals surface area contributed by atoms with Gasteiger partial charge in [0.1, 0.15) is 23.0 Å². The summed E-state index contributed by atoms with van der Waals surface area (Å²) in [7, 11) is 0. The van der Waals surface area contributed by atoms with Gasteiger partial charge in [0.25, 0.3) is 0 Å². The number of nitrogens with one attached hydrogen (secondary N) is 2. The molecule has 9 heteroatoms. The standard InChI is InChI=1S/C28H30N6O3/c1-5-6-18-13-20-16-29-26(31-21-8-7-19-17-30-33-23(19)15-21)32-25(20)24(14-18)36-22-9-11-34(12-10-22)27(35)37-28(2,3)4/h7-8,13-17,22H,9-12H2,1-4H3,(H,30,33)(H,29,31,32). The number of nitrogens with zero attached hydrogens (tertiary/aromatic N) is 4. The van der Waals surface area contributed by atoms with Gasteiger partial charge in [0.2, 0.25) is 5.95 Å². The molecule has 37 heavy (non-hydrogen) atoms. The first-order chi connectivity index (χ1) is 17.8. The van der Waals surface area contributed by atoms with Crippen LogP contribution in [0.2, 0.25) is 0 Å². The zero-order valence-electron chi connectivity index (χ0n) is 21.5. The first-order valence-electron chi connectivity index (χ1n) is 12.4. The lowest BCUT2D eigenvalue weighted by atomic mass is 10.1. The van der Waals surface area contributed by atoms with E-state index in [9.17, 15) is 4.79 Å². The van der Waals surface area contributed by atoms with Crippen LogP contribution in [-0.4, -0.2) is 56.0 Å². The molecule has 2 aromatic carbocycles. The molecule has 1 aliphatic rings. The molecule has 190 valence electrons. The van der Waals surface area contributed by atoms with E-state index in [1.54, 1.807) is 24.2 Å². The Morgan fingerprint density at radius 1 is 1.14 bits per heavy atom. The molecule has 5 rings (SSSR count). The number of H-pyrrole nitrogens is 1. The summed E-state index contributed by atoms with van der Waals surface area (Å²) in [5.41, 5.74) is 2.80. The Morgan fingerprint density at radius 2 is 1.95 bits per heavy atom. The molecule has 1 saturated heterocycles. The highest BCUT2D eigenvalue weighted by molar-refractivity contribution is 5.87. The third-order valence-electron chi connectivity index (χ3n) is 6.00. The summed E-state index contributed by atoms with van der Waals surface area (Å²) < 4.78 is 12.0. The Balaban J connectivity index is 1.36. The molecule has 0 atom stereocenters. The van der Waals surface area contributed by atoms with E-state index in [2.05, 4.69) is 32.3 Å². The fourth-order valence-corrected chi connectivity index (χ4v) is 4.29. The molecule has 4 aromatic rings. The van der Waals surface area contributed by atoms with Crippen molar-refractivity contribution in [1.29, 1.82) is 0 Å². The van der Waals surface area contributed by atoms with Crippen molar-refractivity contribution in [3.63, 3.8) is 0 Å². The van der Waals surface area contributed by atoms with Gasteiger partial charge in [0.15, 0.2) is 0 Å². The van der Waals surface area contributed by atoms with Gasteiger partial charge >= 0.3 is 6.09 Å². The molecule has 0 spiro atoms. The van der Waals surface area contributed by atoms with Crippen LogP contribution < -0.4 is 10.1 Å². The first-order valence-corrected chi connectivity index (χ1v) is 12.4. The van der Waals surface area contributed by atoms with E-state index in [0.29, 0.717) is 43.1 Å². The molecule has 0 unspecified atom stereocenters. The van der Waals surface area contributed by atoms with Crippen LogP contribution in [0.25, 0.3) is 21.8 Å². The molecule has 1 aliphatic heterocycles. The number of rotatable bonds is 4. The summed E-state index contributed by atoms with van der Waals surface area (Å²) in [6.45, 7) is 8.57. The van der Waals surface area contributed by atoms with Crippen LogP contribution in [0.1, 0.15) is 46.1 Å². The SMILES string of the molecule is CC#Cc1cc(OC2CCN(C(=O)OC(C)(C)C)CC2)c2nc(Nc3ccc4cn[nH]c4c3)ncc2c1. The lowest BCUT2D eigenvalue weighted by Gasteiger charge is -2.33. The minimum atomic E-state index is -0.514. The minimum Gasteiger partial charge on any atom is -0.488 e. The van der Waals surface area contributed by atoms with Gasteiger partial charge in [-0.2, -0.15) is 5.10 Å². The number of piperidine rings is 1. The number of aromatic amines is 1. The van der Waals surface area contributed by atoms with Crippen molar-refractivity contribution in [2.45, 2.75) is 52.2 Å². The summed E-state index contributed by atoms with van der Waals surface area (Å²) in [4.78, 5) is 23.5. The Labute approximate surface area is 215 Å². The molecule has 0 radical (unpaired) electrons. The highest BCUT2D eigenvalue weighted by Crippen LogP contribution is 2.30. The Bertz CT molecular complexity index is 1500. The van der Waals surface area contributed by atoms with E-state index < -0.39 is 5.60 Å². The molecule has 9 nitrogen and oxygen atoms in total. The number of hydrogen-bond acceptors (Lipinski definition) is 7. The number of carbonyl (C=O) groups excluding carboxylic acids is 1. The summed E-state index contributed by atoms with van der Waals surface area (Å²) in [6, 6.07) is 9.79. The van der Waals surface area contributed by atoms with Crippen LogP contribution in [0.15, 0.2) is 42.7 Å². The minimum absolute atomic E-state index is 0.0547. The number of ether oxygens (including phenoxy) is 2. The van der Waals surface area contributed by atoms with Gasteiger partial charge in [0, 0.05) is 54.2 Å². The molecular weight excluding hydrogens is 468 g/mol. The second-order valence-electron chi connectivity index (χ2n) is 10.1. The Morgan fingerprint density at radius 3 is 2.70 bits per heavy atom. The fourth-order valence-electron chi connectivity index (χ4n) is 4.29. The van der Waals surface area contributed by atoms with Gasteiger partial charge in [-0.1, -0.05) is 5.92 Å². The van der Waals surface area contributed by atoms with Crippen molar-refractivity contribution in [2.75, 3.05) is 18.4 Å². The Kier molecular flexibility index (Phi) is 6.57. The number of anilines is 2. The highest BCUT2D eigenvalue weighted by Gasteiger charge is 2.28. The van der Waals surface area contributed by atoms with Crippen LogP contribution in [0.4, 0.5) is 16.4 Å². The van der Waals surface area contributed by atoms with Crippen molar-refractivity contribution in [2.24, 2.45) is 0 Å². The quantitative estimate of drug-likeness (QED) is 0.363. The number of aromatic nitrogens is 4. The number of likely N-dealkylation sites (tertiary alicyclic amines) is 1. The fraction of sp³-hybridized carbons (Fsp3) is 0.357. The van der Waals surface area contributed by atoms with E-state index in [4.69, 9.17) is 14.5 Å². The summed E-state index contributed by atoms with van der Waals surface area (Å²) in [5, 5.41) is 12.2. The number of benzene rings is 2. The average Bonchev–Trinajstić information content (AvgIpc) is 3.32. The van der Waals surface area contributed by atoms with Gasteiger partial charge in [-0.3, -0.25) is 5.10 Å². The number of hydrogen-bond donors (Lipinski definition) is 2. The van der Waals surface area contributed by atoms with Crippen molar-refractivity contribution < 1.29 is 14.3 Å². The predicted octanol–water partition coefficient (Wildman–Crippen LogP) is 5.40. The maximum atomic E-state index is 12.4. The van der Waals surface area contributed by atoms with Crippen LogP contribution in [0, 0.1) is 11.8 Å². The van der Waals surface area contributed by atoms with Crippen LogP contribution in [0.3, 0.4) is 0 Å². The van der Waals surface area contributed by atoms with E-state index in [0.717, 1.165) is 27.5 Å². The average molecular weight is 499 g/mol. The number of amides is 1. The van der Waals surface area contributed by atoms with E-state index in [1.165, 1.54) is 0 Å². The van der Waals surface area contributed by atoms with Gasteiger partial charge in [-0.05, 0) is 58.0 Å². The largest absolute Gasteiger partial charge is 0.488 e. The van der Waals surface area contributed by atoms with E-state index >= 15 is 0 Å². The lowest BCUT2D eigenvalue weighted by Crippen LogP contribution is -2.44. The highest BCUT2D eigenvalue weighted by atomic mass is 16.6. The number of fused-ring (bicyclic) bond motifs is 2. The molecular formula is C28H30N6O3. The second-order valence-corrected chi connectivity index (χ2v) is 10.1. The van der Waals surface area contributed by atoms with Crippen LogP contribution in [-0.2, 0) is 4.74 Å². The lowest BCUT2D eigenvalue weighted by molar-refractivity contribution is 0.0127. The maximum absolute atomic E-state index is 12.4. The summed E-state index contributed by atoms with van der Waals surface area (Å²) >= 11 is 0. The zero-order valence-corrected chi connectivity index (χ0v) is 21.5. The smallest absolute Gasteiger partial charge is 0.410 e. The third kappa shape index (κ3) is 5.75. The topological polar surface area (TPSA) is 105 Å². The molecule has 2 N–H and O–H groups in total. The Hall–Kier alpha value is -4.32. The van der Waals surface area contributed by atoms with Crippen molar-refractivity contribution in [3.05, 3.63) is 48.3 Å². The van der Waals surface area contributed by atoms with Gasteiger partial charge in [-0.25, -0.2) is 14.8 Å². The van der Waals surface area contributed by atoms with Gasteiger partial charge in [0.05, 0.1) is 11.7 Å². The molecule has 0 aliphatic carbocycles. The third-order valence-corrected chi connectivity index (χ3v) is 6.00. The van der Waals surface area contributed by atoms with Crippen molar-refractivity contribution in [3.8, 4) is 17.6 Å². The summed E-state index contributed by atoms with van der Waals surface area (Å²) in [6.07, 6.45) is 4.62. The summed E-state index contributed by atoms with van der Waals surface area (Å²) in [5.74, 6) is 7.17.